The molecule has 0 bridgehead atoms. The molecule has 0 unspecified atom stereocenters. The first-order valence-electron chi connectivity index (χ1n) is 6.38. The van der Waals surface area contributed by atoms with Gasteiger partial charge in [0.05, 0.1) is 24.6 Å². The number of nitrogens with zero attached hydrogens (tertiary/aromatic N) is 4. The zero-order chi connectivity index (χ0) is 12.8. The number of anilines is 1. The molecule has 96 valence electrons. The Kier molecular flexibility index (Phi) is 4.28. The van der Waals surface area contributed by atoms with Gasteiger partial charge in [0.15, 0.2) is 0 Å². The van der Waals surface area contributed by atoms with Crippen LogP contribution < -0.4 is 5.32 Å². The van der Waals surface area contributed by atoms with E-state index >= 15 is 0 Å². The second-order valence-electron chi connectivity index (χ2n) is 4.14. The minimum Gasteiger partial charge on any atom is -0.369 e. The van der Waals surface area contributed by atoms with E-state index < -0.39 is 0 Å². The molecule has 5 nitrogen and oxygen atoms in total. The Labute approximate surface area is 107 Å². The first kappa shape index (κ1) is 12.5. The molecule has 0 saturated heterocycles. The third-order valence-electron chi connectivity index (χ3n) is 2.67. The van der Waals surface area contributed by atoms with Gasteiger partial charge in [0.1, 0.15) is 11.6 Å². The number of imidazole rings is 1. The highest BCUT2D eigenvalue weighted by Gasteiger charge is 2.03. The van der Waals surface area contributed by atoms with Crippen LogP contribution in [0.25, 0.3) is 0 Å². The molecule has 0 aliphatic carbocycles. The van der Waals surface area contributed by atoms with Crippen molar-refractivity contribution in [3.05, 3.63) is 36.3 Å². The molecule has 0 aliphatic heterocycles. The molecular weight excluding hydrogens is 226 g/mol. The van der Waals surface area contributed by atoms with Crippen molar-refractivity contribution in [3.63, 3.8) is 0 Å². The van der Waals surface area contributed by atoms with E-state index in [1.165, 1.54) is 0 Å². The molecule has 0 spiro atoms. The molecule has 0 radical (unpaired) electrons. The average molecular weight is 245 g/mol. The molecule has 0 aromatic carbocycles. The van der Waals surface area contributed by atoms with Gasteiger partial charge in [-0.15, -0.1) is 0 Å². The number of aryl methyl sites for hydroxylation is 1. The van der Waals surface area contributed by atoms with Gasteiger partial charge in [-0.3, -0.25) is 4.98 Å². The summed E-state index contributed by atoms with van der Waals surface area (Å²) in [4.78, 5) is 13.1. The molecule has 2 aromatic rings. The van der Waals surface area contributed by atoms with E-state index in [1.807, 2.05) is 25.5 Å². The van der Waals surface area contributed by atoms with Gasteiger partial charge < -0.3 is 9.88 Å². The standard InChI is InChI=1S/C13H19N5/c1-3-5-13-15-6-7-18(13)10-11-8-17-12(9-16-11)14-4-2/h6-9H,3-5,10H2,1-2H3,(H,14,17). The van der Waals surface area contributed by atoms with Crippen LogP contribution in [0.5, 0.6) is 0 Å². The fourth-order valence-electron chi connectivity index (χ4n) is 1.82. The minimum atomic E-state index is 0.731. The van der Waals surface area contributed by atoms with Gasteiger partial charge in [0.2, 0.25) is 0 Å². The molecule has 18 heavy (non-hydrogen) atoms. The second-order valence-corrected chi connectivity index (χ2v) is 4.14. The predicted molar refractivity (Wildman–Crippen MR) is 71.5 cm³/mol. The largest absolute Gasteiger partial charge is 0.369 e. The van der Waals surface area contributed by atoms with Gasteiger partial charge >= 0.3 is 0 Å². The van der Waals surface area contributed by atoms with Crippen molar-refractivity contribution in [1.29, 1.82) is 0 Å². The zero-order valence-electron chi connectivity index (χ0n) is 10.9. The summed E-state index contributed by atoms with van der Waals surface area (Å²) >= 11 is 0. The molecule has 1 N–H and O–H groups in total. The van der Waals surface area contributed by atoms with E-state index in [2.05, 4.69) is 31.8 Å². The highest BCUT2D eigenvalue weighted by atomic mass is 15.1. The molecule has 0 atom stereocenters. The van der Waals surface area contributed by atoms with Gasteiger partial charge in [-0.25, -0.2) is 9.97 Å². The molecular formula is C13H19N5. The summed E-state index contributed by atoms with van der Waals surface area (Å²) in [6.45, 7) is 5.78. The quantitative estimate of drug-likeness (QED) is 0.846. The zero-order valence-corrected chi connectivity index (χ0v) is 10.9. The van der Waals surface area contributed by atoms with Crippen LogP contribution in [0.15, 0.2) is 24.8 Å². The van der Waals surface area contributed by atoms with Crippen molar-refractivity contribution in [2.45, 2.75) is 33.2 Å². The number of nitrogens with one attached hydrogen (secondary N) is 1. The third-order valence-corrected chi connectivity index (χ3v) is 2.67. The van der Waals surface area contributed by atoms with E-state index in [-0.39, 0.29) is 0 Å². The molecule has 2 aromatic heterocycles. The van der Waals surface area contributed by atoms with Crippen molar-refractivity contribution in [2.24, 2.45) is 0 Å². The van der Waals surface area contributed by atoms with Crippen LogP contribution in [0, 0.1) is 0 Å². The second kappa shape index (κ2) is 6.14. The van der Waals surface area contributed by atoms with Gasteiger partial charge in [-0.05, 0) is 13.3 Å². The molecule has 0 fully saturated rings. The molecule has 2 rings (SSSR count). The first-order chi connectivity index (χ1) is 8.83. The van der Waals surface area contributed by atoms with Crippen molar-refractivity contribution in [1.82, 2.24) is 19.5 Å². The Morgan fingerprint density at radius 1 is 1.17 bits per heavy atom. The van der Waals surface area contributed by atoms with E-state index in [0.29, 0.717) is 0 Å². The number of aromatic nitrogens is 4. The van der Waals surface area contributed by atoms with Crippen LogP contribution in [0.1, 0.15) is 31.8 Å². The van der Waals surface area contributed by atoms with E-state index in [9.17, 15) is 0 Å². The maximum atomic E-state index is 4.40. The summed E-state index contributed by atoms with van der Waals surface area (Å²) in [5.41, 5.74) is 0.951. The summed E-state index contributed by atoms with van der Waals surface area (Å²) in [6, 6.07) is 0. The summed E-state index contributed by atoms with van der Waals surface area (Å²) in [5.74, 6) is 1.93. The lowest BCUT2D eigenvalue weighted by Crippen LogP contribution is -2.07. The van der Waals surface area contributed by atoms with Crippen LogP contribution >= 0.6 is 0 Å². The van der Waals surface area contributed by atoms with Gasteiger partial charge in [0.25, 0.3) is 0 Å². The smallest absolute Gasteiger partial charge is 0.144 e. The Bertz CT molecular complexity index is 474. The average Bonchev–Trinajstić information content (AvgIpc) is 2.80. The van der Waals surface area contributed by atoms with Crippen molar-refractivity contribution in [2.75, 3.05) is 11.9 Å². The molecule has 0 amide bonds. The molecule has 5 heteroatoms. The first-order valence-corrected chi connectivity index (χ1v) is 6.38. The molecule has 2 heterocycles. The molecule has 0 aliphatic rings. The number of hydrogen-bond donors (Lipinski definition) is 1. The minimum absolute atomic E-state index is 0.731. The third kappa shape index (κ3) is 3.06. The number of rotatable bonds is 6. The number of hydrogen-bond acceptors (Lipinski definition) is 4. The van der Waals surface area contributed by atoms with Crippen molar-refractivity contribution >= 4 is 5.82 Å². The van der Waals surface area contributed by atoms with E-state index in [1.54, 1.807) is 6.20 Å². The Balaban J connectivity index is 2.06. The van der Waals surface area contributed by atoms with E-state index in [0.717, 1.165) is 43.3 Å². The lowest BCUT2D eigenvalue weighted by Gasteiger charge is -2.07. The van der Waals surface area contributed by atoms with Crippen LogP contribution in [0.3, 0.4) is 0 Å². The van der Waals surface area contributed by atoms with Crippen LogP contribution in [-0.4, -0.2) is 26.1 Å². The van der Waals surface area contributed by atoms with E-state index in [4.69, 9.17) is 0 Å². The van der Waals surface area contributed by atoms with Crippen molar-refractivity contribution in [3.8, 4) is 0 Å². The van der Waals surface area contributed by atoms with Crippen LogP contribution in [0.4, 0.5) is 5.82 Å². The maximum absolute atomic E-state index is 4.40. The summed E-state index contributed by atoms with van der Waals surface area (Å²) in [7, 11) is 0. The lowest BCUT2D eigenvalue weighted by atomic mass is 10.3. The summed E-state index contributed by atoms with van der Waals surface area (Å²) in [6.07, 6.45) is 9.51. The predicted octanol–water partition coefficient (Wildman–Crippen LogP) is 2.11. The summed E-state index contributed by atoms with van der Waals surface area (Å²) < 4.78 is 2.13. The topological polar surface area (TPSA) is 55.6 Å². The highest BCUT2D eigenvalue weighted by molar-refractivity contribution is 5.30. The monoisotopic (exact) mass is 245 g/mol. The van der Waals surface area contributed by atoms with Gasteiger partial charge in [0, 0.05) is 25.4 Å². The Hall–Kier alpha value is -1.91. The Morgan fingerprint density at radius 2 is 2.06 bits per heavy atom. The van der Waals surface area contributed by atoms with Crippen LogP contribution in [0.2, 0.25) is 0 Å². The normalized spacial score (nSPS) is 10.6. The Morgan fingerprint density at radius 3 is 2.72 bits per heavy atom. The lowest BCUT2D eigenvalue weighted by molar-refractivity contribution is 0.691. The van der Waals surface area contributed by atoms with Crippen LogP contribution in [-0.2, 0) is 13.0 Å². The van der Waals surface area contributed by atoms with Gasteiger partial charge in [-0.2, -0.15) is 0 Å². The van der Waals surface area contributed by atoms with Gasteiger partial charge in [-0.1, -0.05) is 6.92 Å². The summed E-state index contributed by atoms with van der Waals surface area (Å²) in [5, 5.41) is 3.13. The maximum Gasteiger partial charge on any atom is 0.144 e. The SMILES string of the molecule is CCCc1nccn1Cc1cnc(NCC)cn1. The highest BCUT2D eigenvalue weighted by Crippen LogP contribution is 2.06. The molecule has 0 saturated carbocycles. The van der Waals surface area contributed by atoms with Crippen molar-refractivity contribution < 1.29 is 0 Å². The fourth-order valence-corrected chi connectivity index (χ4v) is 1.82. The fraction of sp³-hybridized carbons (Fsp3) is 0.462.